The molecule has 40 valence electrons. The Balaban J connectivity index is 2.22. The number of alkyl halides is 1. The minimum Gasteiger partial charge on any atom is -0.102 e. The first-order valence-electron chi connectivity index (χ1n) is 2.61. The van der Waals surface area contributed by atoms with E-state index in [1.807, 2.05) is 6.08 Å². The molecular formula is C6H9Br. The summed E-state index contributed by atoms with van der Waals surface area (Å²) in [5.74, 6) is 0.914. The molecule has 0 aromatic heterocycles. The molecular weight excluding hydrogens is 152 g/mol. The van der Waals surface area contributed by atoms with Gasteiger partial charge in [0.05, 0.1) is 0 Å². The number of halogens is 1. The highest BCUT2D eigenvalue weighted by Gasteiger charge is 2.26. The summed E-state index contributed by atoms with van der Waals surface area (Å²) in [5.41, 5.74) is 0. The van der Waals surface area contributed by atoms with Crippen LogP contribution in [0, 0.1) is 5.92 Å². The van der Waals surface area contributed by atoms with Crippen LogP contribution in [0.15, 0.2) is 12.7 Å². The Morgan fingerprint density at radius 1 is 1.71 bits per heavy atom. The Kier molecular flexibility index (Phi) is 1.53. The molecule has 0 aromatic rings. The van der Waals surface area contributed by atoms with Crippen LogP contribution >= 0.6 is 15.9 Å². The standard InChI is InChI=1S/C6H9Br/c1-2-6(7)5-3-4-5/h2,5-6H,1,3-4H2. The van der Waals surface area contributed by atoms with Crippen LogP contribution in [0.1, 0.15) is 12.8 Å². The van der Waals surface area contributed by atoms with Crippen molar-refractivity contribution in [3.8, 4) is 0 Å². The van der Waals surface area contributed by atoms with Crippen molar-refractivity contribution < 1.29 is 0 Å². The average Bonchev–Trinajstić information content (AvgIpc) is 2.44. The van der Waals surface area contributed by atoms with Crippen LogP contribution in [-0.2, 0) is 0 Å². The normalized spacial score (nSPS) is 24.1. The van der Waals surface area contributed by atoms with Crippen molar-refractivity contribution in [1.82, 2.24) is 0 Å². The molecule has 0 saturated heterocycles. The first-order chi connectivity index (χ1) is 3.34. The predicted molar refractivity (Wildman–Crippen MR) is 35.6 cm³/mol. The summed E-state index contributed by atoms with van der Waals surface area (Å²) < 4.78 is 0. The summed E-state index contributed by atoms with van der Waals surface area (Å²) in [5, 5.41) is 0. The van der Waals surface area contributed by atoms with Crippen molar-refractivity contribution in [2.24, 2.45) is 5.92 Å². The summed E-state index contributed by atoms with van der Waals surface area (Å²) in [4.78, 5) is 0.590. The molecule has 0 aliphatic heterocycles. The van der Waals surface area contributed by atoms with Gasteiger partial charge in [-0.15, -0.1) is 6.58 Å². The van der Waals surface area contributed by atoms with Crippen molar-refractivity contribution >= 4 is 15.9 Å². The number of allylic oxidation sites excluding steroid dienone is 1. The lowest BCUT2D eigenvalue weighted by Crippen LogP contribution is -1.91. The smallest absolute Gasteiger partial charge is 0.0351 e. The molecule has 0 aromatic carbocycles. The maximum atomic E-state index is 3.67. The van der Waals surface area contributed by atoms with E-state index in [-0.39, 0.29) is 0 Å². The third-order valence-electron chi connectivity index (χ3n) is 1.30. The highest BCUT2D eigenvalue weighted by molar-refractivity contribution is 9.09. The number of hydrogen-bond acceptors (Lipinski definition) is 0. The van der Waals surface area contributed by atoms with Crippen molar-refractivity contribution in [2.45, 2.75) is 17.7 Å². The molecule has 1 heteroatoms. The first kappa shape index (κ1) is 5.36. The first-order valence-corrected chi connectivity index (χ1v) is 3.53. The van der Waals surface area contributed by atoms with E-state index in [0.717, 1.165) is 5.92 Å². The van der Waals surface area contributed by atoms with Crippen molar-refractivity contribution in [3.63, 3.8) is 0 Å². The van der Waals surface area contributed by atoms with Crippen LogP contribution in [0.5, 0.6) is 0 Å². The molecule has 1 unspecified atom stereocenters. The summed E-state index contributed by atoms with van der Waals surface area (Å²) >= 11 is 3.49. The van der Waals surface area contributed by atoms with Gasteiger partial charge in [-0.2, -0.15) is 0 Å². The second-order valence-electron chi connectivity index (χ2n) is 2.02. The van der Waals surface area contributed by atoms with E-state index < -0.39 is 0 Å². The lowest BCUT2D eigenvalue weighted by atomic mass is 10.3. The van der Waals surface area contributed by atoms with Crippen LogP contribution in [0.2, 0.25) is 0 Å². The predicted octanol–water partition coefficient (Wildman–Crippen LogP) is 2.35. The van der Waals surface area contributed by atoms with Crippen LogP contribution in [0.3, 0.4) is 0 Å². The monoisotopic (exact) mass is 160 g/mol. The van der Waals surface area contributed by atoms with Crippen LogP contribution in [0.4, 0.5) is 0 Å². The molecule has 0 amide bonds. The topological polar surface area (TPSA) is 0 Å². The molecule has 1 atom stereocenters. The van der Waals surface area contributed by atoms with Gasteiger partial charge in [-0.05, 0) is 18.8 Å². The van der Waals surface area contributed by atoms with E-state index in [0.29, 0.717) is 4.83 Å². The fourth-order valence-electron chi connectivity index (χ4n) is 0.607. The van der Waals surface area contributed by atoms with E-state index >= 15 is 0 Å². The van der Waals surface area contributed by atoms with Crippen molar-refractivity contribution in [3.05, 3.63) is 12.7 Å². The summed E-state index contributed by atoms with van der Waals surface area (Å²) in [6, 6.07) is 0. The third-order valence-corrected chi connectivity index (χ3v) is 2.42. The zero-order chi connectivity index (χ0) is 5.28. The molecule has 1 aliphatic carbocycles. The maximum Gasteiger partial charge on any atom is 0.0351 e. The van der Waals surface area contributed by atoms with E-state index in [4.69, 9.17) is 0 Å². The zero-order valence-electron chi connectivity index (χ0n) is 4.23. The second kappa shape index (κ2) is 1.99. The fourth-order valence-corrected chi connectivity index (χ4v) is 1.14. The van der Waals surface area contributed by atoms with E-state index in [1.54, 1.807) is 0 Å². The van der Waals surface area contributed by atoms with Gasteiger partial charge in [-0.1, -0.05) is 22.0 Å². The van der Waals surface area contributed by atoms with Gasteiger partial charge < -0.3 is 0 Å². The molecule has 0 bridgehead atoms. The van der Waals surface area contributed by atoms with Gasteiger partial charge in [-0.25, -0.2) is 0 Å². The molecule has 7 heavy (non-hydrogen) atoms. The van der Waals surface area contributed by atoms with Gasteiger partial charge >= 0.3 is 0 Å². The summed E-state index contributed by atoms with van der Waals surface area (Å²) in [6.45, 7) is 3.67. The van der Waals surface area contributed by atoms with Gasteiger partial charge in [0.15, 0.2) is 0 Å². The molecule has 0 nitrogen and oxygen atoms in total. The molecule has 1 aliphatic rings. The quantitative estimate of drug-likeness (QED) is 0.430. The summed E-state index contributed by atoms with van der Waals surface area (Å²) in [6.07, 6.45) is 4.75. The van der Waals surface area contributed by atoms with Gasteiger partial charge in [-0.3, -0.25) is 0 Å². The second-order valence-corrected chi connectivity index (χ2v) is 3.07. The third kappa shape index (κ3) is 1.30. The van der Waals surface area contributed by atoms with Gasteiger partial charge in [0.25, 0.3) is 0 Å². The number of hydrogen-bond donors (Lipinski definition) is 0. The van der Waals surface area contributed by atoms with Gasteiger partial charge in [0, 0.05) is 4.83 Å². The number of rotatable bonds is 2. The molecule has 0 spiro atoms. The Labute approximate surface area is 52.7 Å². The SMILES string of the molecule is C=CC(Br)C1CC1. The Morgan fingerprint density at radius 3 is 2.43 bits per heavy atom. The Bertz CT molecular complexity index is 74.2. The lowest BCUT2D eigenvalue weighted by molar-refractivity contribution is 0.897. The zero-order valence-corrected chi connectivity index (χ0v) is 5.82. The Morgan fingerprint density at radius 2 is 2.29 bits per heavy atom. The van der Waals surface area contributed by atoms with Crippen LogP contribution < -0.4 is 0 Å². The molecule has 0 radical (unpaired) electrons. The van der Waals surface area contributed by atoms with Crippen LogP contribution in [-0.4, -0.2) is 4.83 Å². The van der Waals surface area contributed by atoms with Gasteiger partial charge in [0.1, 0.15) is 0 Å². The van der Waals surface area contributed by atoms with Crippen LogP contribution in [0.25, 0.3) is 0 Å². The van der Waals surface area contributed by atoms with E-state index in [2.05, 4.69) is 22.5 Å². The molecule has 1 rings (SSSR count). The largest absolute Gasteiger partial charge is 0.102 e. The molecule has 0 N–H and O–H groups in total. The molecule has 1 fully saturated rings. The Hall–Kier alpha value is 0.220. The van der Waals surface area contributed by atoms with E-state index in [1.165, 1.54) is 12.8 Å². The van der Waals surface area contributed by atoms with Gasteiger partial charge in [0.2, 0.25) is 0 Å². The average molecular weight is 161 g/mol. The highest BCUT2D eigenvalue weighted by atomic mass is 79.9. The van der Waals surface area contributed by atoms with E-state index in [9.17, 15) is 0 Å². The fraction of sp³-hybridized carbons (Fsp3) is 0.667. The highest BCUT2D eigenvalue weighted by Crippen LogP contribution is 2.36. The minimum atomic E-state index is 0.590. The summed E-state index contributed by atoms with van der Waals surface area (Å²) in [7, 11) is 0. The maximum absolute atomic E-state index is 3.67. The minimum absolute atomic E-state index is 0.590. The molecule has 1 saturated carbocycles. The molecule has 0 heterocycles. The van der Waals surface area contributed by atoms with Crippen molar-refractivity contribution in [2.75, 3.05) is 0 Å². The lowest BCUT2D eigenvalue weighted by Gasteiger charge is -1.94. The van der Waals surface area contributed by atoms with Crippen molar-refractivity contribution in [1.29, 1.82) is 0 Å².